The van der Waals surface area contributed by atoms with E-state index >= 15 is 0 Å². The van der Waals surface area contributed by atoms with Gasteiger partial charge < -0.3 is 21.1 Å². The largest absolute Gasteiger partial charge is 0.491 e. The monoisotopic (exact) mass is 345 g/mol. The lowest BCUT2D eigenvalue weighted by atomic mass is 10.1. The van der Waals surface area contributed by atoms with Crippen LogP contribution < -0.4 is 21.1 Å². The van der Waals surface area contributed by atoms with E-state index < -0.39 is 0 Å². The van der Waals surface area contributed by atoms with E-state index in [0.29, 0.717) is 6.61 Å². The summed E-state index contributed by atoms with van der Waals surface area (Å²) in [6.07, 6.45) is 1.66. The first-order valence-corrected chi connectivity index (χ1v) is 8.63. The first-order chi connectivity index (χ1) is 12.1. The molecule has 1 aromatic carbocycles. The Morgan fingerprint density at radius 2 is 2.12 bits per heavy atom. The summed E-state index contributed by atoms with van der Waals surface area (Å²) in [7, 11) is 0. The van der Waals surface area contributed by atoms with E-state index in [1.165, 1.54) is 6.07 Å². The summed E-state index contributed by atoms with van der Waals surface area (Å²) in [6.45, 7) is 5.99. The number of ether oxygens (including phenoxy) is 1. The number of anilines is 2. The average Bonchev–Trinajstić information content (AvgIpc) is 2.82. The van der Waals surface area contributed by atoms with Crippen LogP contribution in [0, 0.1) is 5.82 Å². The second kappa shape index (κ2) is 7.65. The molecule has 0 radical (unpaired) electrons. The highest BCUT2D eigenvalue weighted by molar-refractivity contribution is 5.52. The quantitative estimate of drug-likeness (QED) is 0.772. The molecule has 1 aliphatic heterocycles. The molecule has 0 saturated heterocycles. The summed E-state index contributed by atoms with van der Waals surface area (Å²) >= 11 is 0. The van der Waals surface area contributed by atoms with Crippen LogP contribution in [0.5, 0.6) is 5.75 Å². The third-order valence-electron chi connectivity index (χ3n) is 4.31. The fraction of sp³-hybridized carbons (Fsp3) is 0.444. The molecule has 1 aliphatic rings. The molecule has 0 saturated carbocycles. The molecule has 0 bridgehead atoms. The number of aromatic nitrogens is 2. The van der Waals surface area contributed by atoms with Gasteiger partial charge in [-0.25, -0.2) is 9.37 Å². The van der Waals surface area contributed by atoms with Crippen molar-refractivity contribution in [1.29, 1.82) is 0 Å². The molecule has 1 unspecified atom stereocenters. The Labute approximate surface area is 147 Å². The minimum absolute atomic E-state index is 0.125. The van der Waals surface area contributed by atoms with Crippen LogP contribution in [0.2, 0.25) is 0 Å². The fourth-order valence-electron chi connectivity index (χ4n) is 3.03. The summed E-state index contributed by atoms with van der Waals surface area (Å²) in [5.74, 6) is 0.893. The van der Waals surface area contributed by atoms with Gasteiger partial charge in [-0.15, -0.1) is 0 Å². The van der Waals surface area contributed by atoms with Crippen molar-refractivity contribution >= 4 is 11.8 Å². The van der Waals surface area contributed by atoms with Gasteiger partial charge in [0.05, 0.1) is 18.3 Å². The maximum Gasteiger partial charge on any atom is 0.222 e. The third kappa shape index (κ3) is 3.99. The predicted octanol–water partition coefficient (Wildman–Crippen LogP) is 2.46. The molecular weight excluding hydrogens is 321 g/mol. The van der Waals surface area contributed by atoms with Gasteiger partial charge >= 0.3 is 0 Å². The van der Waals surface area contributed by atoms with Crippen LogP contribution in [0.1, 0.15) is 36.7 Å². The van der Waals surface area contributed by atoms with Crippen LogP contribution in [-0.2, 0) is 12.8 Å². The van der Waals surface area contributed by atoms with Crippen LogP contribution in [0.3, 0.4) is 0 Å². The molecule has 4 N–H and O–H groups in total. The summed E-state index contributed by atoms with van der Waals surface area (Å²) in [5.41, 5.74) is 8.74. The molecule has 0 amide bonds. The molecular formula is C18H24FN5O. The lowest BCUT2D eigenvalue weighted by Gasteiger charge is -2.19. The lowest BCUT2D eigenvalue weighted by Crippen LogP contribution is -2.16. The number of hydrogen-bond acceptors (Lipinski definition) is 6. The Kier molecular flexibility index (Phi) is 5.33. The number of nitrogens with zero attached hydrogens (tertiary/aromatic N) is 2. The molecule has 2 heterocycles. The molecule has 0 spiro atoms. The lowest BCUT2D eigenvalue weighted by molar-refractivity contribution is 0.321. The fourth-order valence-corrected chi connectivity index (χ4v) is 3.03. The molecule has 6 nitrogen and oxygen atoms in total. The molecule has 0 aliphatic carbocycles. The van der Waals surface area contributed by atoms with Gasteiger partial charge in [-0.05, 0) is 44.5 Å². The molecule has 2 aromatic rings. The second-order valence-electron chi connectivity index (χ2n) is 6.09. The van der Waals surface area contributed by atoms with Crippen LogP contribution in [-0.4, -0.2) is 29.7 Å². The smallest absolute Gasteiger partial charge is 0.222 e. The van der Waals surface area contributed by atoms with E-state index in [-0.39, 0.29) is 23.6 Å². The minimum Gasteiger partial charge on any atom is -0.491 e. The molecule has 25 heavy (non-hydrogen) atoms. The number of nitrogens with two attached hydrogens (primary N) is 1. The zero-order valence-electron chi connectivity index (χ0n) is 14.6. The normalized spacial score (nSPS) is 15.2. The number of hydrogen-bond donors (Lipinski definition) is 3. The SMILES string of the molecule is CCOc1ccc(C(C)Nc2nc(N)nc3c2CCNCC3)cc1F. The zero-order chi connectivity index (χ0) is 17.8. The first kappa shape index (κ1) is 17.4. The summed E-state index contributed by atoms with van der Waals surface area (Å²) in [4.78, 5) is 8.74. The Balaban J connectivity index is 1.84. The number of halogens is 1. The topological polar surface area (TPSA) is 85.1 Å². The Morgan fingerprint density at radius 1 is 1.32 bits per heavy atom. The predicted molar refractivity (Wildman–Crippen MR) is 96.3 cm³/mol. The van der Waals surface area contributed by atoms with Crippen molar-refractivity contribution in [2.45, 2.75) is 32.7 Å². The van der Waals surface area contributed by atoms with Crippen molar-refractivity contribution in [1.82, 2.24) is 15.3 Å². The van der Waals surface area contributed by atoms with Crippen molar-refractivity contribution in [2.75, 3.05) is 30.7 Å². The summed E-state index contributed by atoms with van der Waals surface area (Å²) < 4.78 is 19.4. The number of fused-ring (bicyclic) bond motifs is 1. The van der Waals surface area contributed by atoms with Crippen LogP contribution in [0.15, 0.2) is 18.2 Å². The highest BCUT2D eigenvalue weighted by atomic mass is 19.1. The first-order valence-electron chi connectivity index (χ1n) is 8.63. The number of nitrogen functional groups attached to an aromatic ring is 1. The van der Waals surface area contributed by atoms with Gasteiger partial charge in [0.25, 0.3) is 0 Å². The third-order valence-corrected chi connectivity index (χ3v) is 4.31. The number of nitrogens with one attached hydrogen (secondary N) is 2. The van der Waals surface area contributed by atoms with Gasteiger partial charge in [-0.3, -0.25) is 0 Å². The van der Waals surface area contributed by atoms with E-state index in [9.17, 15) is 4.39 Å². The standard InChI is InChI=1S/C18H24FN5O/c1-3-25-16-5-4-12(10-14(16)19)11(2)22-17-13-6-8-21-9-7-15(13)23-18(20)24-17/h4-5,10-11,21H,3,6-9H2,1-2H3,(H3,20,22,23,24). The van der Waals surface area contributed by atoms with Gasteiger partial charge in [0.15, 0.2) is 11.6 Å². The van der Waals surface area contributed by atoms with Gasteiger partial charge in [0.1, 0.15) is 5.82 Å². The second-order valence-corrected chi connectivity index (χ2v) is 6.09. The molecule has 1 aromatic heterocycles. The maximum atomic E-state index is 14.1. The van der Waals surface area contributed by atoms with Crippen molar-refractivity contribution in [3.05, 3.63) is 40.8 Å². The van der Waals surface area contributed by atoms with E-state index in [1.54, 1.807) is 6.07 Å². The van der Waals surface area contributed by atoms with Gasteiger partial charge in [0.2, 0.25) is 5.95 Å². The van der Waals surface area contributed by atoms with Crippen LogP contribution in [0.25, 0.3) is 0 Å². The highest BCUT2D eigenvalue weighted by Crippen LogP contribution is 2.27. The molecule has 134 valence electrons. The maximum absolute atomic E-state index is 14.1. The van der Waals surface area contributed by atoms with Gasteiger partial charge in [-0.2, -0.15) is 4.98 Å². The summed E-state index contributed by atoms with van der Waals surface area (Å²) in [6, 6.07) is 4.88. The van der Waals surface area contributed by atoms with Crippen LogP contribution >= 0.6 is 0 Å². The van der Waals surface area contributed by atoms with E-state index in [0.717, 1.165) is 48.6 Å². The summed E-state index contributed by atoms with van der Waals surface area (Å²) in [5, 5.41) is 6.72. The van der Waals surface area contributed by atoms with Crippen molar-refractivity contribution in [3.63, 3.8) is 0 Å². The molecule has 7 heteroatoms. The Morgan fingerprint density at radius 3 is 2.88 bits per heavy atom. The molecule has 0 fully saturated rings. The molecule has 1 atom stereocenters. The Hall–Kier alpha value is -2.41. The van der Waals surface area contributed by atoms with Gasteiger partial charge in [-0.1, -0.05) is 6.07 Å². The minimum atomic E-state index is -0.363. The average molecular weight is 345 g/mol. The van der Waals surface area contributed by atoms with E-state index in [4.69, 9.17) is 10.5 Å². The van der Waals surface area contributed by atoms with Crippen LogP contribution in [0.4, 0.5) is 16.2 Å². The number of benzene rings is 1. The van der Waals surface area contributed by atoms with Crippen molar-refractivity contribution < 1.29 is 9.13 Å². The van der Waals surface area contributed by atoms with Crippen molar-refractivity contribution in [2.24, 2.45) is 0 Å². The van der Waals surface area contributed by atoms with E-state index in [2.05, 4.69) is 20.6 Å². The number of rotatable bonds is 5. The van der Waals surface area contributed by atoms with Gasteiger partial charge in [0, 0.05) is 18.5 Å². The highest BCUT2D eigenvalue weighted by Gasteiger charge is 2.18. The zero-order valence-corrected chi connectivity index (χ0v) is 14.6. The van der Waals surface area contributed by atoms with E-state index in [1.807, 2.05) is 19.9 Å². The molecule has 3 rings (SSSR count). The van der Waals surface area contributed by atoms with Crippen molar-refractivity contribution in [3.8, 4) is 5.75 Å². The Bertz CT molecular complexity index is 752.